The van der Waals surface area contributed by atoms with E-state index in [-0.39, 0.29) is 0 Å². The molecular weight excluding hydrogens is 254 g/mol. The number of rotatable bonds is 3. The van der Waals surface area contributed by atoms with Gasteiger partial charge in [-0.2, -0.15) is 11.8 Å². The van der Waals surface area contributed by atoms with Crippen LogP contribution in [-0.2, 0) is 9.84 Å². The van der Waals surface area contributed by atoms with Crippen molar-refractivity contribution in [2.24, 2.45) is 0 Å². The summed E-state index contributed by atoms with van der Waals surface area (Å²) in [4.78, 5) is 0.806. The van der Waals surface area contributed by atoms with E-state index in [9.17, 15) is 8.42 Å². The van der Waals surface area contributed by atoms with E-state index in [0.29, 0.717) is 32.1 Å². The molecule has 1 heterocycles. The zero-order chi connectivity index (χ0) is 12.6. The lowest BCUT2D eigenvalue weighted by atomic mass is 10.2. The number of fused-ring (bicyclic) bond motifs is 1. The minimum absolute atomic E-state index is 0.344. The lowest BCUT2D eigenvalue weighted by Gasteiger charge is -2.06. The molecule has 0 amide bonds. The molecule has 0 bridgehead atoms. The van der Waals surface area contributed by atoms with Crippen molar-refractivity contribution < 1.29 is 8.42 Å². The summed E-state index contributed by atoms with van der Waals surface area (Å²) in [5.74, 6) is 0.508. The SMILES string of the molecule is CC(C)SCC1=Cc2c(N)cccc2S1(=O)=O. The Balaban J connectivity index is 2.40. The molecule has 0 unspecified atom stereocenters. The maximum absolute atomic E-state index is 12.2. The maximum atomic E-state index is 12.2. The van der Waals surface area contributed by atoms with Crippen LogP contribution in [0.3, 0.4) is 0 Å². The fraction of sp³-hybridized carbons (Fsp3) is 0.333. The third-order valence-corrected chi connectivity index (χ3v) is 5.81. The molecule has 2 rings (SSSR count). The first kappa shape index (κ1) is 12.5. The van der Waals surface area contributed by atoms with Crippen LogP contribution in [0, 0.1) is 0 Å². The molecule has 92 valence electrons. The summed E-state index contributed by atoms with van der Waals surface area (Å²) in [6.45, 7) is 4.10. The monoisotopic (exact) mass is 269 g/mol. The van der Waals surface area contributed by atoms with Crippen molar-refractivity contribution >= 4 is 33.4 Å². The van der Waals surface area contributed by atoms with Crippen molar-refractivity contribution in [1.82, 2.24) is 0 Å². The molecule has 2 N–H and O–H groups in total. The third-order valence-electron chi connectivity index (χ3n) is 2.60. The molecule has 0 radical (unpaired) electrons. The summed E-state index contributed by atoms with van der Waals surface area (Å²) in [5, 5.41) is 0.409. The van der Waals surface area contributed by atoms with Gasteiger partial charge < -0.3 is 5.73 Å². The molecule has 1 aliphatic rings. The first-order valence-corrected chi connectivity index (χ1v) is 7.92. The van der Waals surface area contributed by atoms with Crippen LogP contribution in [0.1, 0.15) is 19.4 Å². The lowest BCUT2D eigenvalue weighted by Crippen LogP contribution is -2.04. The molecule has 0 aliphatic carbocycles. The largest absolute Gasteiger partial charge is 0.398 e. The Morgan fingerprint density at radius 2 is 2.06 bits per heavy atom. The van der Waals surface area contributed by atoms with Gasteiger partial charge in [-0.1, -0.05) is 19.9 Å². The molecule has 5 heteroatoms. The van der Waals surface area contributed by atoms with Gasteiger partial charge in [0.15, 0.2) is 0 Å². The molecule has 0 atom stereocenters. The minimum Gasteiger partial charge on any atom is -0.398 e. The average molecular weight is 269 g/mol. The molecule has 1 aliphatic heterocycles. The summed E-state index contributed by atoms with van der Waals surface area (Å²) in [6.07, 6.45) is 1.70. The number of anilines is 1. The lowest BCUT2D eigenvalue weighted by molar-refractivity contribution is 0.603. The van der Waals surface area contributed by atoms with E-state index >= 15 is 0 Å². The van der Waals surface area contributed by atoms with E-state index in [2.05, 4.69) is 0 Å². The Bertz CT molecular complexity index is 574. The van der Waals surface area contributed by atoms with Crippen molar-refractivity contribution in [3.63, 3.8) is 0 Å². The fourth-order valence-corrected chi connectivity index (χ4v) is 4.38. The molecule has 0 spiro atoms. The van der Waals surface area contributed by atoms with Crippen LogP contribution in [0.25, 0.3) is 6.08 Å². The predicted molar refractivity (Wildman–Crippen MR) is 73.6 cm³/mol. The zero-order valence-electron chi connectivity index (χ0n) is 9.80. The van der Waals surface area contributed by atoms with Gasteiger partial charge in [0, 0.05) is 17.0 Å². The van der Waals surface area contributed by atoms with Crippen LogP contribution in [0.5, 0.6) is 0 Å². The fourth-order valence-electron chi connectivity index (χ4n) is 1.70. The number of hydrogen-bond acceptors (Lipinski definition) is 4. The van der Waals surface area contributed by atoms with Gasteiger partial charge >= 0.3 is 0 Å². The Morgan fingerprint density at radius 3 is 2.65 bits per heavy atom. The zero-order valence-corrected chi connectivity index (χ0v) is 11.4. The van der Waals surface area contributed by atoms with Crippen LogP contribution in [0.15, 0.2) is 28.0 Å². The second-order valence-corrected chi connectivity index (χ2v) is 7.77. The summed E-state index contributed by atoms with van der Waals surface area (Å²) in [5.41, 5.74) is 6.96. The quantitative estimate of drug-likeness (QED) is 0.857. The Labute approximate surface area is 106 Å². The number of hydrogen-bond donors (Lipinski definition) is 1. The van der Waals surface area contributed by atoms with E-state index in [1.165, 1.54) is 0 Å². The molecule has 0 aromatic heterocycles. The van der Waals surface area contributed by atoms with E-state index in [1.807, 2.05) is 13.8 Å². The Kier molecular flexibility index (Phi) is 3.23. The van der Waals surface area contributed by atoms with E-state index in [0.717, 1.165) is 0 Å². The van der Waals surface area contributed by atoms with Gasteiger partial charge in [0.05, 0.1) is 9.80 Å². The number of nitrogen functional groups attached to an aromatic ring is 1. The summed E-state index contributed by atoms with van der Waals surface area (Å²) < 4.78 is 24.4. The molecule has 3 nitrogen and oxygen atoms in total. The van der Waals surface area contributed by atoms with Crippen LogP contribution >= 0.6 is 11.8 Å². The van der Waals surface area contributed by atoms with Crippen molar-refractivity contribution in [3.05, 3.63) is 28.7 Å². The highest BCUT2D eigenvalue weighted by Crippen LogP contribution is 2.37. The van der Waals surface area contributed by atoms with Crippen LogP contribution in [-0.4, -0.2) is 19.4 Å². The number of thioether (sulfide) groups is 1. The molecule has 0 saturated carbocycles. The van der Waals surface area contributed by atoms with E-state index in [4.69, 9.17) is 5.73 Å². The normalized spacial score (nSPS) is 17.0. The van der Waals surface area contributed by atoms with E-state index in [1.54, 1.807) is 36.0 Å². The van der Waals surface area contributed by atoms with Gasteiger partial charge in [-0.15, -0.1) is 0 Å². The smallest absolute Gasteiger partial charge is 0.204 e. The predicted octanol–water partition coefficient (Wildman–Crippen LogP) is 2.54. The Morgan fingerprint density at radius 1 is 1.35 bits per heavy atom. The van der Waals surface area contributed by atoms with Crippen LogP contribution < -0.4 is 5.73 Å². The molecule has 1 aromatic carbocycles. The number of nitrogens with two attached hydrogens (primary N) is 1. The third kappa shape index (κ3) is 2.21. The highest BCUT2D eigenvalue weighted by molar-refractivity contribution is 8.02. The van der Waals surface area contributed by atoms with Gasteiger partial charge in [0.1, 0.15) is 0 Å². The topological polar surface area (TPSA) is 60.2 Å². The molecular formula is C12H15NO2S2. The summed E-state index contributed by atoms with van der Waals surface area (Å²) >= 11 is 1.62. The highest BCUT2D eigenvalue weighted by atomic mass is 32.2. The summed E-state index contributed by atoms with van der Waals surface area (Å²) in [7, 11) is -3.30. The van der Waals surface area contributed by atoms with Gasteiger partial charge in [-0.25, -0.2) is 8.42 Å². The van der Waals surface area contributed by atoms with Gasteiger partial charge in [-0.3, -0.25) is 0 Å². The van der Waals surface area contributed by atoms with Crippen molar-refractivity contribution in [3.8, 4) is 0 Å². The van der Waals surface area contributed by atoms with Crippen LogP contribution in [0.2, 0.25) is 0 Å². The molecule has 17 heavy (non-hydrogen) atoms. The van der Waals surface area contributed by atoms with Crippen molar-refractivity contribution in [2.75, 3.05) is 11.5 Å². The van der Waals surface area contributed by atoms with Crippen molar-refractivity contribution in [1.29, 1.82) is 0 Å². The highest BCUT2D eigenvalue weighted by Gasteiger charge is 2.30. The van der Waals surface area contributed by atoms with Crippen LogP contribution in [0.4, 0.5) is 5.69 Å². The first-order chi connectivity index (χ1) is 7.93. The molecule has 0 saturated heterocycles. The van der Waals surface area contributed by atoms with Crippen molar-refractivity contribution in [2.45, 2.75) is 24.0 Å². The number of sulfone groups is 1. The van der Waals surface area contributed by atoms with Gasteiger partial charge in [0.25, 0.3) is 0 Å². The summed E-state index contributed by atoms with van der Waals surface area (Å²) in [6, 6.07) is 5.02. The minimum atomic E-state index is -3.30. The van der Waals surface area contributed by atoms with Gasteiger partial charge in [0.2, 0.25) is 9.84 Å². The van der Waals surface area contributed by atoms with E-state index < -0.39 is 9.84 Å². The Hall–Kier alpha value is -0.940. The second-order valence-electron chi connectivity index (χ2n) is 4.23. The first-order valence-electron chi connectivity index (χ1n) is 5.38. The molecule has 0 fully saturated rings. The van der Waals surface area contributed by atoms with Gasteiger partial charge in [-0.05, 0) is 23.5 Å². The standard InChI is InChI=1S/C12H15NO2S2/c1-8(2)16-7-9-6-10-11(13)4-3-5-12(10)17(9,14)15/h3-6,8H,7,13H2,1-2H3. The second kappa shape index (κ2) is 4.38. The maximum Gasteiger partial charge on any atom is 0.204 e. The number of benzene rings is 1. The molecule has 1 aromatic rings. The average Bonchev–Trinajstić information content (AvgIpc) is 2.50.